The second-order valence-electron chi connectivity index (χ2n) is 7.34. The molecule has 0 amide bonds. The number of hydrogen-bond donors (Lipinski definition) is 2. The molecule has 1 aliphatic heterocycles. The molecule has 0 bridgehead atoms. The van der Waals surface area contributed by atoms with Crippen molar-refractivity contribution >= 4 is 11.6 Å². The van der Waals surface area contributed by atoms with E-state index < -0.39 is 0 Å². The molecule has 6 heteroatoms. The number of halogens is 1. The Morgan fingerprint density at radius 2 is 1.90 bits per heavy atom. The number of guanidine groups is 1. The highest BCUT2D eigenvalue weighted by Crippen LogP contribution is 2.18. The number of nitrogens with zero attached hydrogens (tertiary/aromatic N) is 2. The zero-order chi connectivity index (χ0) is 20.6. The number of hydrogen-bond acceptors (Lipinski definition) is 3. The van der Waals surface area contributed by atoms with E-state index >= 15 is 0 Å². The van der Waals surface area contributed by atoms with Crippen molar-refractivity contribution in [3.8, 4) is 0 Å². The Balaban J connectivity index is 1.62. The van der Waals surface area contributed by atoms with Gasteiger partial charge in [-0.15, -0.1) is 0 Å². The van der Waals surface area contributed by atoms with Crippen LogP contribution in [0, 0.1) is 12.7 Å². The minimum absolute atomic E-state index is 0.0494. The van der Waals surface area contributed by atoms with Crippen molar-refractivity contribution in [3.63, 3.8) is 0 Å². The first-order valence-corrected chi connectivity index (χ1v) is 10.3. The lowest BCUT2D eigenvalue weighted by atomic mass is 10.1. The third-order valence-electron chi connectivity index (χ3n) is 5.13. The molecule has 0 radical (unpaired) electrons. The summed E-state index contributed by atoms with van der Waals surface area (Å²) < 4.78 is 19.3. The van der Waals surface area contributed by atoms with Crippen molar-refractivity contribution < 1.29 is 9.13 Å². The van der Waals surface area contributed by atoms with Crippen molar-refractivity contribution in [1.29, 1.82) is 0 Å². The molecule has 0 aromatic heterocycles. The molecule has 1 unspecified atom stereocenters. The number of morpholine rings is 1. The van der Waals surface area contributed by atoms with E-state index in [1.54, 1.807) is 13.0 Å². The average Bonchev–Trinajstić information content (AvgIpc) is 2.75. The molecule has 0 saturated carbocycles. The van der Waals surface area contributed by atoms with E-state index in [4.69, 9.17) is 9.73 Å². The van der Waals surface area contributed by atoms with Crippen LogP contribution in [-0.2, 0) is 11.3 Å². The molecule has 1 saturated heterocycles. The van der Waals surface area contributed by atoms with Crippen LogP contribution in [0.15, 0.2) is 47.5 Å². The highest BCUT2D eigenvalue weighted by atomic mass is 19.1. The molecule has 1 aliphatic rings. The van der Waals surface area contributed by atoms with Gasteiger partial charge in [0.1, 0.15) is 5.82 Å². The van der Waals surface area contributed by atoms with E-state index in [0.717, 1.165) is 49.9 Å². The molecule has 5 nitrogen and oxygen atoms in total. The third-order valence-corrected chi connectivity index (χ3v) is 5.13. The summed E-state index contributed by atoms with van der Waals surface area (Å²) in [5.74, 6) is 0.539. The molecular formula is C23H31FN4O. The van der Waals surface area contributed by atoms with Crippen molar-refractivity contribution in [2.24, 2.45) is 4.99 Å². The third kappa shape index (κ3) is 5.94. The molecule has 1 atom stereocenters. The van der Waals surface area contributed by atoms with Crippen molar-refractivity contribution in [2.75, 3.05) is 37.7 Å². The molecule has 29 heavy (non-hydrogen) atoms. The van der Waals surface area contributed by atoms with Gasteiger partial charge < -0.3 is 20.3 Å². The molecular weight excluding hydrogens is 367 g/mol. The van der Waals surface area contributed by atoms with Crippen LogP contribution >= 0.6 is 0 Å². The summed E-state index contributed by atoms with van der Waals surface area (Å²) in [5.41, 5.74) is 3.92. The Morgan fingerprint density at radius 3 is 2.55 bits per heavy atom. The van der Waals surface area contributed by atoms with Crippen LogP contribution in [0.2, 0.25) is 0 Å². The maximum Gasteiger partial charge on any atom is 0.192 e. The molecule has 3 rings (SSSR count). The zero-order valence-electron chi connectivity index (χ0n) is 17.5. The predicted molar refractivity (Wildman–Crippen MR) is 117 cm³/mol. The fraction of sp³-hybridized carbons (Fsp3) is 0.435. The largest absolute Gasteiger partial charge is 0.378 e. The Kier molecular flexibility index (Phi) is 7.47. The van der Waals surface area contributed by atoms with E-state index in [1.165, 1.54) is 5.69 Å². The number of ether oxygens (including phenoxy) is 1. The molecule has 1 fully saturated rings. The highest BCUT2D eigenvalue weighted by Gasteiger charge is 2.12. The van der Waals surface area contributed by atoms with Gasteiger partial charge in [0, 0.05) is 25.3 Å². The number of aryl methyl sites for hydroxylation is 1. The summed E-state index contributed by atoms with van der Waals surface area (Å²) in [7, 11) is 0. The Bertz CT molecular complexity index is 816. The van der Waals surface area contributed by atoms with Crippen LogP contribution in [-0.4, -0.2) is 38.8 Å². The summed E-state index contributed by atoms with van der Waals surface area (Å²) in [4.78, 5) is 7.04. The van der Waals surface area contributed by atoms with Crippen LogP contribution in [0.3, 0.4) is 0 Å². The maximum absolute atomic E-state index is 13.9. The fourth-order valence-electron chi connectivity index (χ4n) is 3.29. The lowest BCUT2D eigenvalue weighted by Gasteiger charge is -2.28. The first kappa shape index (κ1) is 21.1. The number of anilines is 1. The van der Waals surface area contributed by atoms with Crippen molar-refractivity contribution in [1.82, 2.24) is 10.6 Å². The average molecular weight is 399 g/mol. The number of nitrogens with one attached hydrogen (secondary N) is 2. The van der Waals surface area contributed by atoms with Gasteiger partial charge in [-0.05, 0) is 55.7 Å². The van der Waals surface area contributed by atoms with Gasteiger partial charge in [0.2, 0.25) is 0 Å². The fourth-order valence-corrected chi connectivity index (χ4v) is 3.29. The van der Waals surface area contributed by atoms with Gasteiger partial charge in [-0.3, -0.25) is 0 Å². The normalized spacial score (nSPS) is 15.9. The predicted octanol–water partition coefficient (Wildman–Crippen LogP) is 3.79. The van der Waals surface area contributed by atoms with Gasteiger partial charge in [0.05, 0.1) is 25.8 Å². The van der Waals surface area contributed by atoms with E-state index in [9.17, 15) is 4.39 Å². The van der Waals surface area contributed by atoms with E-state index in [0.29, 0.717) is 12.1 Å². The van der Waals surface area contributed by atoms with E-state index in [2.05, 4.69) is 39.8 Å². The standard InChI is InChI=1S/C23H31FN4O/c1-4-25-23(27-18(3)20-8-5-17(2)22(24)15-20)26-16-19-6-9-21(10-7-19)28-11-13-29-14-12-28/h5-10,15,18H,4,11-14,16H2,1-3H3,(H2,25,26,27). The first-order valence-electron chi connectivity index (χ1n) is 10.3. The van der Waals surface area contributed by atoms with Gasteiger partial charge in [-0.25, -0.2) is 9.38 Å². The molecule has 2 N–H and O–H groups in total. The summed E-state index contributed by atoms with van der Waals surface area (Å²) in [6.45, 7) is 10.6. The van der Waals surface area contributed by atoms with Crippen LogP contribution in [0.1, 0.15) is 36.6 Å². The number of rotatable bonds is 6. The smallest absolute Gasteiger partial charge is 0.192 e. The molecule has 0 spiro atoms. The summed E-state index contributed by atoms with van der Waals surface area (Å²) in [6.07, 6.45) is 0. The molecule has 1 heterocycles. The van der Waals surface area contributed by atoms with Gasteiger partial charge in [-0.1, -0.05) is 24.3 Å². The molecule has 2 aromatic rings. The van der Waals surface area contributed by atoms with Crippen LogP contribution in [0.5, 0.6) is 0 Å². The van der Waals surface area contributed by atoms with Gasteiger partial charge in [0.15, 0.2) is 5.96 Å². The highest BCUT2D eigenvalue weighted by molar-refractivity contribution is 5.80. The van der Waals surface area contributed by atoms with Crippen molar-refractivity contribution in [3.05, 3.63) is 65.0 Å². The van der Waals surface area contributed by atoms with Crippen LogP contribution in [0.4, 0.5) is 10.1 Å². The zero-order valence-corrected chi connectivity index (χ0v) is 17.5. The van der Waals surface area contributed by atoms with Gasteiger partial charge in [-0.2, -0.15) is 0 Å². The van der Waals surface area contributed by atoms with Gasteiger partial charge in [0.25, 0.3) is 0 Å². The van der Waals surface area contributed by atoms with Crippen molar-refractivity contribution in [2.45, 2.75) is 33.4 Å². The summed E-state index contributed by atoms with van der Waals surface area (Å²) in [6, 6.07) is 13.8. The van der Waals surface area contributed by atoms with Crippen LogP contribution < -0.4 is 15.5 Å². The monoisotopic (exact) mass is 398 g/mol. The van der Waals surface area contributed by atoms with E-state index in [-0.39, 0.29) is 11.9 Å². The Hall–Kier alpha value is -2.60. The number of aliphatic imine (C=N–C) groups is 1. The minimum atomic E-state index is -0.182. The minimum Gasteiger partial charge on any atom is -0.378 e. The molecule has 0 aliphatic carbocycles. The van der Waals surface area contributed by atoms with E-state index in [1.807, 2.05) is 26.0 Å². The molecule has 2 aromatic carbocycles. The quantitative estimate of drug-likeness (QED) is 0.574. The Morgan fingerprint density at radius 1 is 1.17 bits per heavy atom. The SMILES string of the molecule is CCNC(=NCc1ccc(N2CCOCC2)cc1)NC(C)c1ccc(C)c(F)c1. The summed E-state index contributed by atoms with van der Waals surface area (Å²) >= 11 is 0. The molecule has 156 valence electrons. The maximum atomic E-state index is 13.9. The van der Waals surface area contributed by atoms with Crippen LogP contribution in [0.25, 0.3) is 0 Å². The second-order valence-corrected chi connectivity index (χ2v) is 7.34. The number of benzene rings is 2. The Labute approximate surface area is 173 Å². The van der Waals surface area contributed by atoms with Gasteiger partial charge >= 0.3 is 0 Å². The summed E-state index contributed by atoms with van der Waals surface area (Å²) in [5, 5.41) is 6.63. The lowest BCUT2D eigenvalue weighted by Crippen LogP contribution is -2.38. The topological polar surface area (TPSA) is 48.9 Å². The first-order chi connectivity index (χ1) is 14.1. The lowest BCUT2D eigenvalue weighted by molar-refractivity contribution is 0.122. The second kappa shape index (κ2) is 10.3.